The van der Waals surface area contributed by atoms with Gasteiger partial charge < -0.3 is 9.67 Å². The molecular formula is C11H10Cl2N2O. The van der Waals surface area contributed by atoms with Crippen LogP contribution >= 0.6 is 23.2 Å². The molecule has 0 aliphatic rings. The molecule has 0 saturated heterocycles. The predicted octanol–water partition coefficient (Wildman–Crippen LogP) is 2.89. The largest absolute Gasteiger partial charge is 0.390 e. The van der Waals surface area contributed by atoms with Crippen LogP contribution < -0.4 is 0 Å². The molecule has 1 heterocycles. The van der Waals surface area contributed by atoms with Crippen LogP contribution in [0.1, 0.15) is 5.69 Å². The van der Waals surface area contributed by atoms with Crippen LogP contribution in [-0.4, -0.2) is 14.7 Å². The molecule has 1 N–H and O–H groups in total. The lowest BCUT2D eigenvalue weighted by atomic mass is 10.2. The van der Waals surface area contributed by atoms with Gasteiger partial charge in [0.15, 0.2) is 0 Å². The van der Waals surface area contributed by atoms with Gasteiger partial charge in [0.05, 0.1) is 28.5 Å². The first-order valence-corrected chi connectivity index (χ1v) is 5.46. The Labute approximate surface area is 103 Å². The van der Waals surface area contributed by atoms with Gasteiger partial charge in [-0.25, -0.2) is 4.98 Å². The summed E-state index contributed by atoms with van der Waals surface area (Å²) in [5, 5.41) is 10.1. The molecule has 0 unspecified atom stereocenters. The lowest BCUT2D eigenvalue weighted by Gasteiger charge is -2.05. The molecular weight excluding hydrogens is 247 g/mol. The maximum Gasteiger partial charge on any atom is 0.139 e. The number of aromatic nitrogens is 2. The fourth-order valence-electron chi connectivity index (χ4n) is 1.50. The Hall–Kier alpha value is -1.03. The van der Waals surface area contributed by atoms with Crippen molar-refractivity contribution in [2.75, 3.05) is 0 Å². The second-order valence-corrected chi connectivity index (χ2v) is 4.23. The highest BCUT2D eigenvalue weighted by Crippen LogP contribution is 2.27. The van der Waals surface area contributed by atoms with Gasteiger partial charge in [-0.1, -0.05) is 23.2 Å². The molecule has 16 heavy (non-hydrogen) atoms. The monoisotopic (exact) mass is 256 g/mol. The Balaban J connectivity index is 2.50. The molecule has 0 atom stereocenters. The molecule has 0 radical (unpaired) electrons. The number of benzene rings is 1. The zero-order valence-electron chi connectivity index (χ0n) is 8.61. The first-order valence-electron chi connectivity index (χ1n) is 4.70. The van der Waals surface area contributed by atoms with Gasteiger partial charge in [-0.3, -0.25) is 0 Å². The van der Waals surface area contributed by atoms with E-state index in [0.29, 0.717) is 10.0 Å². The Morgan fingerprint density at radius 1 is 1.31 bits per heavy atom. The average molecular weight is 257 g/mol. The summed E-state index contributed by atoms with van der Waals surface area (Å²) >= 11 is 11.8. The molecule has 2 rings (SSSR count). The second kappa shape index (κ2) is 4.45. The zero-order chi connectivity index (χ0) is 11.7. The Morgan fingerprint density at radius 2 is 2.06 bits per heavy atom. The summed E-state index contributed by atoms with van der Waals surface area (Å²) in [6.07, 6.45) is 1.64. The molecule has 2 aromatic rings. The van der Waals surface area contributed by atoms with Crippen molar-refractivity contribution in [2.45, 2.75) is 6.61 Å². The highest BCUT2D eigenvalue weighted by Gasteiger charge is 2.09. The zero-order valence-corrected chi connectivity index (χ0v) is 10.1. The second-order valence-electron chi connectivity index (χ2n) is 3.42. The van der Waals surface area contributed by atoms with E-state index in [-0.39, 0.29) is 6.61 Å². The molecule has 0 fully saturated rings. The number of rotatable bonds is 2. The molecule has 3 nitrogen and oxygen atoms in total. The van der Waals surface area contributed by atoms with Gasteiger partial charge in [0, 0.05) is 12.6 Å². The normalized spacial score (nSPS) is 10.8. The predicted molar refractivity (Wildman–Crippen MR) is 64.6 cm³/mol. The average Bonchev–Trinajstić information content (AvgIpc) is 2.64. The Bertz CT molecular complexity index is 523. The van der Waals surface area contributed by atoms with Gasteiger partial charge in [0.25, 0.3) is 0 Å². The molecule has 0 saturated carbocycles. The van der Waals surface area contributed by atoms with E-state index in [2.05, 4.69) is 4.98 Å². The van der Waals surface area contributed by atoms with Crippen LogP contribution in [0, 0.1) is 0 Å². The van der Waals surface area contributed by atoms with E-state index in [0.717, 1.165) is 17.1 Å². The van der Waals surface area contributed by atoms with Crippen molar-refractivity contribution in [2.24, 2.45) is 7.05 Å². The minimum Gasteiger partial charge on any atom is -0.390 e. The summed E-state index contributed by atoms with van der Waals surface area (Å²) in [6, 6.07) is 5.33. The van der Waals surface area contributed by atoms with Crippen molar-refractivity contribution < 1.29 is 5.11 Å². The fourth-order valence-corrected chi connectivity index (χ4v) is 1.79. The summed E-state index contributed by atoms with van der Waals surface area (Å²) in [6.45, 7) is -0.0369. The molecule has 0 aliphatic heterocycles. The number of halogens is 2. The lowest BCUT2D eigenvalue weighted by molar-refractivity contribution is 0.273. The fraction of sp³-hybridized carbons (Fsp3) is 0.182. The van der Waals surface area contributed by atoms with Crippen LogP contribution in [-0.2, 0) is 13.7 Å². The topological polar surface area (TPSA) is 38.0 Å². The highest BCUT2D eigenvalue weighted by atomic mass is 35.5. The van der Waals surface area contributed by atoms with Gasteiger partial charge >= 0.3 is 0 Å². The molecule has 0 aliphatic carbocycles. The minimum atomic E-state index is -0.0369. The minimum absolute atomic E-state index is 0.0369. The third-order valence-electron chi connectivity index (χ3n) is 2.42. The van der Waals surface area contributed by atoms with E-state index in [1.807, 2.05) is 17.7 Å². The Kier molecular flexibility index (Phi) is 3.19. The Morgan fingerprint density at radius 3 is 2.62 bits per heavy atom. The van der Waals surface area contributed by atoms with E-state index >= 15 is 0 Å². The van der Waals surface area contributed by atoms with Crippen LogP contribution in [0.5, 0.6) is 0 Å². The SMILES string of the molecule is Cn1c(CO)cnc1-c1ccc(Cl)c(Cl)c1. The number of nitrogens with zero attached hydrogens (tertiary/aromatic N) is 2. The van der Waals surface area contributed by atoms with Crippen molar-refractivity contribution in [3.8, 4) is 11.4 Å². The van der Waals surface area contributed by atoms with Crippen LogP contribution in [0.25, 0.3) is 11.4 Å². The van der Waals surface area contributed by atoms with Gasteiger partial charge in [-0.15, -0.1) is 0 Å². The van der Waals surface area contributed by atoms with E-state index < -0.39 is 0 Å². The van der Waals surface area contributed by atoms with E-state index in [9.17, 15) is 0 Å². The molecule has 0 spiro atoms. The van der Waals surface area contributed by atoms with Crippen LogP contribution in [0.15, 0.2) is 24.4 Å². The van der Waals surface area contributed by atoms with Crippen molar-refractivity contribution >= 4 is 23.2 Å². The van der Waals surface area contributed by atoms with Crippen LogP contribution in [0.2, 0.25) is 10.0 Å². The smallest absolute Gasteiger partial charge is 0.139 e. The van der Waals surface area contributed by atoms with Gasteiger partial charge in [-0.05, 0) is 18.2 Å². The van der Waals surface area contributed by atoms with E-state index in [1.54, 1.807) is 18.3 Å². The number of hydrogen-bond donors (Lipinski definition) is 1. The van der Waals surface area contributed by atoms with Crippen molar-refractivity contribution in [3.63, 3.8) is 0 Å². The van der Waals surface area contributed by atoms with Gasteiger partial charge in [0.2, 0.25) is 0 Å². The summed E-state index contributed by atoms with van der Waals surface area (Å²) < 4.78 is 1.82. The molecule has 1 aromatic heterocycles. The molecule has 5 heteroatoms. The summed E-state index contributed by atoms with van der Waals surface area (Å²) in [7, 11) is 1.84. The standard InChI is InChI=1S/C11H10Cl2N2O/c1-15-8(6-16)5-14-11(15)7-2-3-9(12)10(13)4-7/h2-5,16H,6H2,1H3. The van der Waals surface area contributed by atoms with Crippen molar-refractivity contribution in [1.82, 2.24) is 9.55 Å². The number of aliphatic hydroxyl groups excluding tert-OH is 1. The summed E-state index contributed by atoms with van der Waals surface area (Å²) in [4.78, 5) is 4.23. The van der Waals surface area contributed by atoms with Crippen molar-refractivity contribution in [1.29, 1.82) is 0 Å². The molecule has 84 valence electrons. The van der Waals surface area contributed by atoms with Gasteiger partial charge in [0.1, 0.15) is 5.82 Å². The first kappa shape index (κ1) is 11.5. The third kappa shape index (κ3) is 1.94. The quantitative estimate of drug-likeness (QED) is 0.898. The van der Waals surface area contributed by atoms with Crippen LogP contribution in [0.4, 0.5) is 0 Å². The van der Waals surface area contributed by atoms with Crippen molar-refractivity contribution in [3.05, 3.63) is 40.1 Å². The number of imidazole rings is 1. The lowest BCUT2D eigenvalue weighted by Crippen LogP contribution is -1.98. The van der Waals surface area contributed by atoms with Gasteiger partial charge in [-0.2, -0.15) is 0 Å². The highest BCUT2D eigenvalue weighted by molar-refractivity contribution is 6.42. The van der Waals surface area contributed by atoms with E-state index in [1.165, 1.54) is 0 Å². The van der Waals surface area contributed by atoms with Crippen LogP contribution in [0.3, 0.4) is 0 Å². The number of aliphatic hydroxyl groups is 1. The molecule has 0 bridgehead atoms. The molecule has 0 amide bonds. The van der Waals surface area contributed by atoms with E-state index in [4.69, 9.17) is 28.3 Å². The maximum atomic E-state index is 9.07. The maximum absolute atomic E-state index is 9.07. The first-order chi connectivity index (χ1) is 7.63. The summed E-state index contributed by atoms with van der Waals surface area (Å²) in [5.74, 6) is 0.752. The number of hydrogen-bond acceptors (Lipinski definition) is 2. The molecule has 1 aromatic carbocycles. The summed E-state index contributed by atoms with van der Waals surface area (Å²) in [5.41, 5.74) is 1.62. The third-order valence-corrected chi connectivity index (χ3v) is 3.16.